The third-order valence-corrected chi connectivity index (χ3v) is 4.83. The van der Waals surface area contributed by atoms with E-state index in [1.807, 2.05) is 49.7 Å². The Labute approximate surface area is 158 Å². The zero-order chi connectivity index (χ0) is 19.9. The number of H-pyrrole nitrogens is 1. The summed E-state index contributed by atoms with van der Waals surface area (Å²) < 4.78 is 1.82. The predicted octanol–water partition coefficient (Wildman–Crippen LogP) is 4.20. The fourth-order valence-electron chi connectivity index (χ4n) is 3.44. The Morgan fingerprint density at radius 3 is 2.22 bits per heavy atom. The van der Waals surface area contributed by atoms with Gasteiger partial charge in [0.05, 0.1) is 22.8 Å². The number of carbonyl (C=O) groups is 2. The number of aromatic nitrogens is 3. The van der Waals surface area contributed by atoms with Gasteiger partial charge in [-0.1, -0.05) is 17.7 Å². The van der Waals surface area contributed by atoms with Gasteiger partial charge in [0.25, 0.3) is 5.91 Å². The largest absolute Gasteiger partial charge is 0.354 e. The Morgan fingerprint density at radius 1 is 1.04 bits per heavy atom. The van der Waals surface area contributed by atoms with Crippen molar-refractivity contribution in [2.45, 2.75) is 41.5 Å². The summed E-state index contributed by atoms with van der Waals surface area (Å²) >= 11 is 0. The molecule has 2 N–H and O–H groups in total. The van der Waals surface area contributed by atoms with Gasteiger partial charge in [0, 0.05) is 11.3 Å². The molecule has 0 bridgehead atoms. The summed E-state index contributed by atoms with van der Waals surface area (Å²) in [5, 5.41) is 7.52. The Balaban J connectivity index is 1.95. The molecule has 0 spiro atoms. The van der Waals surface area contributed by atoms with E-state index >= 15 is 0 Å². The summed E-state index contributed by atoms with van der Waals surface area (Å²) in [5.74, 6) is -0.336. The SMILES string of the molecule is CC(=O)c1c(C)[nH]c(C(=O)Nc2c(C)nn(-c3ccc(C)cc3)c2C)c1C. The molecule has 3 rings (SSSR count). The first-order valence-electron chi connectivity index (χ1n) is 8.85. The second-order valence-electron chi connectivity index (χ2n) is 6.93. The molecular weight excluding hydrogens is 340 g/mol. The quantitative estimate of drug-likeness (QED) is 0.681. The van der Waals surface area contributed by atoms with Gasteiger partial charge < -0.3 is 10.3 Å². The van der Waals surface area contributed by atoms with Crippen molar-refractivity contribution in [2.24, 2.45) is 0 Å². The van der Waals surface area contributed by atoms with E-state index in [1.165, 1.54) is 12.5 Å². The van der Waals surface area contributed by atoms with E-state index in [0.717, 1.165) is 17.1 Å². The Kier molecular flexibility index (Phi) is 4.74. The van der Waals surface area contributed by atoms with Crippen molar-refractivity contribution in [3.63, 3.8) is 0 Å². The van der Waals surface area contributed by atoms with E-state index in [0.29, 0.717) is 28.2 Å². The number of ketones is 1. The van der Waals surface area contributed by atoms with Crippen LogP contribution < -0.4 is 5.32 Å². The van der Waals surface area contributed by atoms with Gasteiger partial charge in [-0.15, -0.1) is 0 Å². The van der Waals surface area contributed by atoms with Crippen molar-refractivity contribution in [2.75, 3.05) is 5.32 Å². The van der Waals surface area contributed by atoms with Crippen LogP contribution in [0.5, 0.6) is 0 Å². The van der Waals surface area contributed by atoms with E-state index in [2.05, 4.69) is 15.4 Å². The van der Waals surface area contributed by atoms with Crippen LogP contribution in [0.4, 0.5) is 5.69 Å². The first-order chi connectivity index (χ1) is 12.7. The third-order valence-electron chi connectivity index (χ3n) is 4.83. The lowest BCUT2D eigenvalue weighted by Crippen LogP contribution is -2.15. The number of hydrogen-bond donors (Lipinski definition) is 2. The molecule has 0 unspecified atom stereocenters. The van der Waals surface area contributed by atoms with Crippen LogP contribution in [0.15, 0.2) is 24.3 Å². The second kappa shape index (κ2) is 6.87. The van der Waals surface area contributed by atoms with Gasteiger partial charge >= 0.3 is 0 Å². The highest BCUT2D eigenvalue weighted by Gasteiger charge is 2.22. The lowest BCUT2D eigenvalue weighted by atomic mass is 10.1. The molecule has 0 aliphatic rings. The number of nitrogens with one attached hydrogen (secondary N) is 2. The van der Waals surface area contributed by atoms with Gasteiger partial charge in [-0.3, -0.25) is 9.59 Å². The van der Waals surface area contributed by atoms with Crippen LogP contribution in [0.1, 0.15) is 56.0 Å². The molecule has 1 amide bonds. The number of Topliss-reactive ketones (excluding diaryl/α,β-unsaturated/α-hetero) is 1. The molecule has 6 nitrogen and oxygen atoms in total. The molecule has 1 aromatic carbocycles. The highest BCUT2D eigenvalue weighted by Crippen LogP contribution is 2.25. The number of benzene rings is 1. The van der Waals surface area contributed by atoms with Gasteiger partial charge in [-0.25, -0.2) is 4.68 Å². The average molecular weight is 364 g/mol. The lowest BCUT2D eigenvalue weighted by Gasteiger charge is -2.07. The van der Waals surface area contributed by atoms with Crippen LogP contribution in [0.2, 0.25) is 0 Å². The molecule has 0 aliphatic carbocycles. The van der Waals surface area contributed by atoms with E-state index in [4.69, 9.17) is 0 Å². The minimum absolute atomic E-state index is 0.0557. The standard InChI is InChI=1S/C21H24N4O2/c1-11-7-9-17(10-8-11)25-15(5)20(14(4)24-25)23-21(27)19-12(2)18(16(6)26)13(3)22-19/h7-10,22H,1-6H3,(H,23,27). The van der Waals surface area contributed by atoms with E-state index in [1.54, 1.807) is 13.8 Å². The number of rotatable bonds is 4. The zero-order valence-corrected chi connectivity index (χ0v) is 16.5. The van der Waals surface area contributed by atoms with Crippen LogP contribution in [0.3, 0.4) is 0 Å². The summed E-state index contributed by atoms with van der Waals surface area (Å²) in [6, 6.07) is 8.05. The molecule has 0 saturated heterocycles. The van der Waals surface area contributed by atoms with E-state index < -0.39 is 0 Å². The van der Waals surface area contributed by atoms with Crippen LogP contribution in [0, 0.1) is 34.6 Å². The molecule has 27 heavy (non-hydrogen) atoms. The smallest absolute Gasteiger partial charge is 0.272 e. The molecular formula is C21H24N4O2. The normalized spacial score (nSPS) is 10.9. The first kappa shape index (κ1) is 18.6. The fraction of sp³-hybridized carbons (Fsp3) is 0.286. The van der Waals surface area contributed by atoms with Crippen molar-refractivity contribution in [3.05, 3.63) is 63.7 Å². The summed E-state index contributed by atoms with van der Waals surface area (Å²) in [5.41, 5.74) is 6.71. The maximum atomic E-state index is 12.8. The fourth-order valence-corrected chi connectivity index (χ4v) is 3.44. The zero-order valence-electron chi connectivity index (χ0n) is 16.5. The Bertz CT molecular complexity index is 1040. The molecule has 0 atom stereocenters. The molecule has 140 valence electrons. The summed E-state index contributed by atoms with van der Waals surface area (Å²) in [6.07, 6.45) is 0. The highest BCUT2D eigenvalue weighted by molar-refractivity contribution is 6.08. The van der Waals surface area contributed by atoms with Crippen molar-refractivity contribution >= 4 is 17.4 Å². The van der Waals surface area contributed by atoms with Crippen LogP contribution in [-0.2, 0) is 0 Å². The van der Waals surface area contributed by atoms with Gasteiger partial charge in [-0.2, -0.15) is 5.10 Å². The molecule has 2 heterocycles. The predicted molar refractivity (Wildman–Crippen MR) is 106 cm³/mol. The Hall–Kier alpha value is -3.15. The monoisotopic (exact) mass is 364 g/mol. The number of hydrogen-bond acceptors (Lipinski definition) is 3. The van der Waals surface area contributed by atoms with Crippen molar-refractivity contribution in [3.8, 4) is 5.69 Å². The van der Waals surface area contributed by atoms with Gasteiger partial charge in [0.15, 0.2) is 5.78 Å². The lowest BCUT2D eigenvalue weighted by molar-refractivity contribution is 0.101. The van der Waals surface area contributed by atoms with Crippen LogP contribution in [-0.4, -0.2) is 26.5 Å². The van der Waals surface area contributed by atoms with Gasteiger partial charge in [0.1, 0.15) is 5.69 Å². The first-order valence-corrected chi connectivity index (χ1v) is 8.85. The maximum absolute atomic E-state index is 12.8. The summed E-state index contributed by atoms with van der Waals surface area (Å²) in [4.78, 5) is 27.7. The number of aryl methyl sites for hydroxylation is 3. The summed E-state index contributed by atoms with van der Waals surface area (Å²) in [7, 11) is 0. The Morgan fingerprint density at radius 2 is 1.67 bits per heavy atom. The molecule has 0 aliphatic heterocycles. The molecule has 2 aromatic heterocycles. The number of amides is 1. The molecule has 6 heteroatoms. The van der Waals surface area contributed by atoms with E-state index in [9.17, 15) is 9.59 Å². The molecule has 0 fully saturated rings. The average Bonchev–Trinajstić information content (AvgIpc) is 3.05. The minimum Gasteiger partial charge on any atom is -0.354 e. The number of nitrogens with zero attached hydrogens (tertiary/aromatic N) is 2. The number of aromatic amines is 1. The minimum atomic E-state index is -0.280. The topological polar surface area (TPSA) is 79.8 Å². The van der Waals surface area contributed by atoms with Crippen molar-refractivity contribution in [1.82, 2.24) is 14.8 Å². The number of anilines is 1. The molecule has 0 radical (unpaired) electrons. The molecule has 0 saturated carbocycles. The van der Waals surface area contributed by atoms with Crippen molar-refractivity contribution < 1.29 is 9.59 Å². The third kappa shape index (κ3) is 3.30. The number of carbonyl (C=O) groups excluding carboxylic acids is 2. The van der Waals surface area contributed by atoms with Crippen LogP contribution in [0.25, 0.3) is 5.69 Å². The maximum Gasteiger partial charge on any atom is 0.272 e. The summed E-state index contributed by atoms with van der Waals surface area (Å²) in [6.45, 7) is 10.9. The second-order valence-corrected chi connectivity index (χ2v) is 6.93. The van der Waals surface area contributed by atoms with Crippen LogP contribution >= 0.6 is 0 Å². The molecule has 3 aromatic rings. The van der Waals surface area contributed by atoms with Gasteiger partial charge in [0.2, 0.25) is 0 Å². The van der Waals surface area contributed by atoms with E-state index in [-0.39, 0.29) is 11.7 Å². The van der Waals surface area contributed by atoms with Gasteiger partial charge in [-0.05, 0) is 59.2 Å². The highest BCUT2D eigenvalue weighted by atomic mass is 16.2. The van der Waals surface area contributed by atoms with Crippen molar-refractivity contribution in [1.29, 1.82) is 0 Å².